The minimum absolute atomic E-state index is 0. The summed E-state index contributed by atoms with van der Waals surface area (Å²) < 4.78 is 0. The molecule has 5 nitrogen and oxygen atoms in total. The number of rotatable bonds is 4. The number of aromatic nitrogens is 2. The zero-order valence-corrected chi connectivity index (χ0v) is 16.5. The molecule has 1 aromatic heterocycles. The molecule has 0 radical (unpaired) electrons. The summed E-state index contributed by atoms with van der Waals surface area (Å²) in [5.74, 6) is -0.230. The van der Waals surface area contributed by atoms with Crippen molar-refractivity contribution in [3.63, 3.8) is 0 Å². The predicted octanol–water partition coefficient (Wildman–Crippen LogP) is 4.43. The van der Waals surface area contributed by atoms with Gasteiger partial charge in [0, 0.05) is 17.4 Å². The Labute approximate surface area is 165 Å². The summed E-state index contributed by atoms with van der Waals surface area (Å²) in [5, 5.41) is 9.64. The molecule has 1 amide bonds. The van der Waals surface area contributed by atoms with Gasteiger partial charge in [0.05, 0.1) is 6.20 Å². The minimum atomic E-state index is -0.730. The molecule has 3 rings (SSSR count). The Morgan fingerprint density at radius 1 is 1.11 bits per heavy atom. The summed E-state index contributed by atoms with van der Waals surface area (Å²) in [7, 11) is 0. The highest BCUT2D eigenvalue weighted by Gasteiger charge is 2.18. The highest BCUT2D eigenvalue weighted by Crippen LogP contribution is 2.25. The molecule has 0 saturated carbocycles. The number of nitrogens with zero attached hydrogens (tertiary/aromatic N) is 1. The van der Waals surface area contributed by atoms with Crippen molar-refractivity contribution in [3.8, 4) is 11.1 Å². The van der Waals surface area contributed by atoms with Gasteiger partial charge in [0.1, 0.15) is 6.04 Å². The quantitative estimate of drug-likeness (QED) is 0.621. The highest BCUT2D eigenvalue weighted by molar-refractivity contribution is 5.95. The van der Waals surface area contributed by atoms with Gasteiger partial charge in [-0.2, -0.15) is 5.10 Å². The molecule has 6 heteroatoms. The molecule has 2 aromatic carbocycles. The van der Waals surface area contributed by atoms with E-state index in [1.54, 1.807) is 6.20 Å². The van der Waals surface area contributed by atoms with Gasteiger partial charge < -0.3 is 11.1 Å². The predicted molar refractivity (Wildman–Crippen MR) is 112 cm³/mol. The zero-order valence-electron chi connectivity index (χ0n) is 15.7. The minimum Gasteiger partial charge on any atom is -0.324 e. The first-order chi connectivity index (χ1) is 12.3. The van der Waals surface area contributed by atoms with Crippen LogP contribution in [0.1, 0.15) is 37.9 Å². The third-order valence-electron chi connectivity index (χ3n) is 4.38. The largest absolute Gasteiger partial charge is 0.324 e. The number of H-pyrrole nitrogens is 1. The van der Waals surface area contributed by atoms with Crippen LogP contribution in [0.2, 0.25) is 0 Å². The van der Waals surface area contributed by atoms with E-state index in [2.05, 4.69) is 42.4 Å². The van der Waals surface area contributed by atoms with Crippen molar-refractivity contribution in [3.05, 3.63) is 72.1 Å². The standard InChI is InChI=1S/C21H24N4O.ClH/c1-21(2,3)17-5-4-6-18(11-17)25-20(26)19(22)15-9-7-14(8-10-15)16-12-23-24-13-16;/h4-13,19H,22H2,1-3H3,(H,23,24)(H,25,26);1H. The van der Waals surface area contributed by atoms with E-state index in [9.17, 15) is 4.79 Å². The lowest BCUT2D eigenvalue weighted by Crippen LogP contribution is -2.27. The van der Waals surface area contributed by atoms with E-state index >= 15 is 0 Å². The van der Waals surface area contributed by atoms with Gasteiger partial charge in [-0.05, 0) is 34.2 Å². The van der Waals surface area contributed by atoms with Crippen LogP contribution < -0.4 is 11.1 Å². The average molecular weight is 385 g/mol. The lowest BCUT2D eigenvalue weighted by Gasteiger charge is -2.20. The van der Waals surface area contributed by atoms with Crippen LogP contribution in [0, 0.1) is 0 Å². The van der Waals surface area contributed by atoms with Gasteiger partial charge in [-0.1, -0.05) is 57.2 Å². The molecule has 3 aromatic rings. The van der Waals surface area contributed by atoms with Crippen LogP contribution in [0.5, 0.6) is 0 Å². The highest BCUT2D eigenvalue weighted by atomic mass is 35.5. The molecular formula is C21H25ClN4O. The van der Waals surface area contributed by atoms with Crippen LogP contribution in [0.15, 0.2) is 60.9 Å². The summed E-state index contributed by atoms with van der Waals surface area (Å²) in [6.07, 6.45) is 3.58. The lowest BCUT2D eigenvalue weighted by molar-refractivity contribution is -0.117. The first kappa shape index (κ1) is 20.7. The second kappa shape index (κ2) is 8.37. The number of benzene rings is 2. The van der Waals surface area contributed by atoms with Gasteiger partial charge in [-0.25, -0.2) is 0 Å². The Morgan fingerprint density at radius 3 is 2.41 bits per heavy atom. The van der Waals surface area contributed by atoms with Gasteiger partial charge in [-0.3, -0.25) is 9.89 Å². The van der Waals surface area contributed by atoms with Crippen LogP contribution in [0.4, 0.5) is 5.69 Å². The number of amides is 1. The van der Waals surface area contributed by atoms with Gasteiger partial charge in [0.2, 0.25) is 5.91 Å². The van der Waals surface area contributed by atoms with E-state index in [-0.39, 0.29) is 23.7 Å². The molecule has 0 spiro atoms. The molecule has 0 aliphatic heterocycles. The van der Waals surface area contributed by atoms with Crippen LogP contribution in [0.25, 0.3) is 11.1 Å². The van der Waals surface area contributed by atoms with Gasteiger partial charge in [0.25, 0.3) is 0 Å². The van der Waals surface area contributed by atoms with Crippen molar-refractivity contribution < 1.29 is 4.79 Å². The van der Waals surface area contributed by atoms with E-state index < -0.39 is 6.04 Å². The molecule has 0 aliphatic carbocycles. The van der Waals surface area contributed by atoms with E-state index in [1.165, 1.54) is 0 Å². The smallest absolute Gasteiger partial charge is 0.245 e. The summed E-state index contributed by atoms with van der Waals surface area (Å²) >= 11 is 0. The lowest BCUT2D eigenvalue weighted by atomic mass is 9.87. The van der Waals surface area contributed by atoms with Crippen molar-refractivity contribution in [1.29, 1.82) is 0 Å². The summed E-state index contributed by atoms with van der Waals surface area (Å²) in [4.78, 5) is 12.5. The number of anilines is 1. The van der Waals surface area contributed by atoms with Crippen LogP contribution >= 0.6 is 12.4 Å². The molecule has 1 unspecified atom stereocenters. The van der Waals surface area contributed by atoms with Gasteiger partial charge in [0.15, 0.2) is 0 Å². The first-order valence-electron chi connectivity index (χ1n) is 8.61. The second-order valence-corrected chi connectivity index (χ2v) is 7.41. The molecule has 0 bridgehead atoms. The third-order valence-corrected chi connectivity index (χ3v) is 4.38. The van der Waals surface area contributed by atoms with E-state index in [0.717, 1.165) is 27.9 Å². The Morgan fingerprint density at radius 2 is 1.81 bits per heavy atom. The van der Waals surface area contributed by atoms with Crippen molar-refractivity contribution >= 4 is 24.0 Å². The number of nitrogens with one attached hydrogen (secondary N) is 2. The Balaban J connectivity index is 0.00000261. The maximum Gasteiger partial charge on any atom is 0.245 e. The maximum absolute atomic E-state index is 12.5. The van der Waals surface area contributed by atoms with Gasteiger partial charge >= 0.3 is 0 Å². The fourth-order valence-corrected chi connectivity index (χ4v) is 2.73. The summed E-state index contributed by atoms with van der Waals surface area (Å²) in [6, 6.07) is 14.8. The molecule has 0 fully saturated rings. The Hall–Kier alpha value is -2.63. The summed E-state index contributed by atoms with van der Waals surface area (Å²) in [6.45, 7) is 6.42. The molecule has 142 valence electrons. The summed E-state index contributed by atoms with van der Waals surface area (Å²) in [5.41, 5.74) is 10.9. The van der Waals surface area contributed by atoms with E-state index in [1.807, 2.05) is 48.7 Å². The van der Waals surface area contributed by atoms with Crippen molar-refractivity contribution in [2.75, 3.05) is 5.32 Å². The van der Waals surface area contributed by atoms with Crippen LogP contribution in [-0.4, -0.2) is 16.1 Å². The third kappa shape index (κ3) is 4.96. The molecule has 27 heavy (non-hydrogen) atoms. The number of nitrogens with two attached hydrogens (primary N) is 1. The van der Waals surface area contributed by atoms with Gasteiger partial charge in [-0.15, -0.1) is 12.4 Å². The normalized spacial score (nSPS) is 12.1. The van der Waals surface area contributed by atoms with Crippen LogP contribution in [0.3, 0.4) is 0 Å². The number of aromatic amines is 1. The number of carbonyl (C=O) groups excluding carboxylic acids is 1. The fourth-order valence-electron chi connectivity index (χ4n) is 2.73. The monoisotopic (exact) mass is 384 g/mol. The fraction of sp³-hybridized carbons (Fsp3) is 0.238. The van der Waals surface area contributed by atoms with E-state index in [4.69, 9.17) is 5.73 Å². The molecule has 1 atom stereocenters. The SMILES string of the molecule is CC(C)(C)c1cccc(NC(=O)C(N)c2ccc(-c3cn[nH]c3)cc2)c1.Cl. The molecule has 4 N–H and O–H groups in total. The number of carbonyl (C=O) groups is 1. The maximum atomic E-state index is 12.5. The average Bonchev–Trinajstić information content (AvgIpc) is 3.15. The molecular weight excluding hydrogens is 360 g/mol. The Kier molecular flexibility index (Phi) is 6.41. The molecule has 1 heterocycles. The van der Waals surface area contributed by atoms with Crippen molar-refractivity contribution in [2.24, 2.45) is 5.73 Å². The van der Waals surface area contributed by atoms with Crippen molar-refractivity contribution in [2.45, 2.75) is 32.2 Å². The number of hydrogen-bond donors (Lipinski definition) is 3. The topological polar surface area (TPSA) is 83.8 Å². The number of hydrogen-bond acceptors (Lipinski definition) is 3. The number of halogens is 1. The molecule has 0 aliphatic rings. The van der Waals surface area contributed by atoms with Crippen LogP contribution in [-0.2, 0) is 10.2 Å². The zero-order chi connectivity index (χ0) is 18.7. The first-order valence-corrected chi connectivity index (χ1v) is 8.61. The second-order valence-electron chi connectivity index (χ2n) is 7.41. The van der Waals surface area contributed by atoms with E-state index in [0.29, 0.717) is 0 Å². The molecule has 0 saturated heterocycles. The van der Waals surface area contributed by atoms with Crippen molar-refractivity contribution in [1.82, 2.24) is 10.2 Å². The Bertz CT molecular complexity index is 883.